The minimum atomic E-state index is -3.99. The Morgan fingerprint density at radius 1 is 0.792 bits per heavy atom. The van der Waals surface area contributed by atoms with E-state index < -0.39 is 24.8 Å². The number of methoxy groups -OCH3 is 1. The molecule has 2 aromatic carbocycles. The molecule has 0 radical (unpaired) electrons. The van der Waals surface area contributed by atoms with E-state index in [1.54, 1.807) is 12.1 Å². The molecule has 0 aliphatic carbocycles. The lowest BCUT2D eigenvalue weighted by atomic mass is 10.2. The van der Waals surface area contributed by atoms with Crippen LogP contribution in [0, 0.1) is 6.92 Å². The second kappa shape index (κ2) is 7.33. The Labute approximate surface area is 141 Å². The number of ether oxygens (including phenoxy) is 2. The van der Waals surface area contributed by atoms with Crippen LogP contribution in [0.4, 0.5) is 0 Å². The molecule has 24 heavy (non-hydrogen) atoms. The molecule has 0 aliphatic heterocycles. The van der Waals surface area contributed by atoms with Crippen molar-refractivity contribution < 1.29 is 26.3 Å². The number of aryl methyl sites for hydroxylation is 1. The standard InChI is InChI=1S/C16H18O6S2/c1-13-3-7-15(8-4-13)23(17,18)12-24(19,20)16-9-5-14(6-10-16)22-11-21-2/h3-10H,11-12H2,1-2H3. The van der Waals surface area contributed by atoms with E-state index >= 15 is 0 Å². The van der Waals surface area contributed by atoms with Crippen molar-refractivity contribution in [2.75, 3.05) is 19.0 Å². The Bertz CT molecular complexity index is 883. The molecule has 130 valence electrons. The maximum atomic E-state index is 12.4. The van der Waals surface area contributed by atoms with E-state index in [1.165, 1.54) is 43.5 Å². The quantitative estimate of drug-likeness (QED) is 0.694. The summed E-state index contributed by atoms with van der Waals surface area (Å²) in [4.78, 5) is -0.0975. The lowest BCUT2D eigenvalue weighted by Crippen LogP contribution is -2.17. The van der Waals surface area contributed by atoms with E-state index in [0.29, 0.717) is 5.75 Å². The minimum Gasteiger partial charge on any atom is -0.468 e. The highest BCUT2D eigenvalue weighted by atomic mass is 32.3. The highest BCUT2D eigenvalue weighted by molar-refractivity contribution is 8.08. The summed E-state index contributed by atoms with van der Waals surface area (Å²) in [6.45, 7) is 1.86. The monoisotopic (exact) mass is 370 g/mol. The van der Waals surface area contributed by atoms with Crippen LogP contribution in [0.3, 0.4) is 0 Å². The van der Waals surface area contributed by atoms with Crippen LogP contribution < -0.4 is 4.74 Å². The molecule has 0 saturated carbocycles. The molecule has 2 aromatic rings. The average molecular weight is 370 g/mol. The van der Waals surface area contributed by atoms with Gasteiger partial charge in [0.05, 0.1) is 9.79 Å². The van der Waals surface area contributed by atoms with Gasteiger partial charge in [-0.1, -0.05) is 17.7 Å². The number of sulfone groups is 2. The number of rotatable bonds is 7. The van der Waals surface area contributed by atoms with Gasteiger partial charge < -0.3 is 9.47 Å². The molecular weight excluding hydrogens is 352 g/mol. The molecule has 0 amide bonds. The molecule has 0 aromatic heterocycles. The van der Waals surface area contributed by atoms with E-state index in [9.17, 15) is 16.8 Å². The van der Waals surface area contributed by atoms with Gasteiger partial charge in [0.15, 0.2) is 31.6 Å². The van der Waals surface area contributed by atoms with Crippen molar-refractivity contribution in [3.05, 3.63) is 54.1 Å². The molecular formula is C16H18O6S2. The van der Waals surface area contributed by atoms with Gasteiger partial charge in [0.2, 0.25) is 0 Å². The maximum Gasteiger partial charge on any atom is 0.193 e. The zero-order valence-corrected chi connectivity index (χ0v) is 14.9. The fourth-order valence-electron chi connectivity index (χ4n) is 1.96. The fraction of sp³-hybridized carbons (Fsp3) is 0.250. The summed E-state index contributed by atoms with van der Waals surface area (Å²) < 4.78 is 59.3. The first-order chi connectivity index (χ1) is 11.2. The first-order valence-electron chi connectivity index (χ1n) is 6.98. The molecule has 0 spiro atoms. The van der Waals surface area contributed by atoms with Gasteiger partial charge in [-0.25, -0.2) is 16.8 Å². The van der Waals surface area contributed by atoms with Gasteiger partial charge in [-0.05, 0) is 43.3 Å². The Morgan fingerprint density at radius 3 is 1.71 bits per heavy atom. The first-order valence-corrected chi connectivity index (χ1v) is 10.3. The van der Waals surface area contributed by atoms with Crippen LogP contribution in [0.1, 0.15) is 5.56 Å². The molecule has 6 nitrogen and oxygen atoms in total. The largest absolute Gasteiger partial charge is 0.468 e. The summed E-state index contributed by atoms with van der Waals surface area (Å²) in [7, 11) is -6.47. The second-order valence-electron chi connectivity index (χ2n) is 5.18. The maximum absolute atomic E-state index is 12.4. The number of hydrogen-bond donors (Lipinski definition) is 0. The van der Waals surface area contributed by atoms with E-state index in [-0.39, 0.29) is 16.6 Å². The van der Waals surface area contributed by atoms with Gasteiger partial charge in [0, 0.05) is 7.11 Å². The summed E-state index contributed by atoms with van der Waals surface area (Å²) in [6.07, 6.45) is 0. The summed E-state index contributed by atoms with van der Waals surface area (Å²) in [5.41, 5.74) is 0.892. The highest BCUT2D eigenvalue weighted by Gasteiger charge is 2.25. The van der Waals surface area contributed by atoms with Crippen LogP contribution in [0.25, 0.3) is 0 Å². The van der Waals surface area contributed by atoms with Gasteiger partial charge in [-0.15, -0.1) is 0 Å². The number of hydrogen-bond acceptors (Lipinski definition) is 6. The normalized spacial score (nSPS) is 12.1. The second-order valence-corrected chi connectivity index (χ2v) is 9.53. The zero-order valence-electron chi connectivity index (χ0n) is 13.3. The molecule has 8 heteroatoms. The molecule has 0 N–H and O–H groups in total. The predicted octanol–water partition coefficient (Wildman–Crippen LogP) is 2.18. The van der Waals surface area contributed by atoms with Crippen LogP contribution in [-0.2, 0) is 24.4 Å². The molecule has 0 aliphatic rings. The number of benzene rings is 2. The third-order valence-electron chi connectivity index (χ3n) is 3.22. The SMILES string of the molecule is COCOc1ccc(S(=O)(=O)CS(=O)(=O)c2ccc(C)cc2)cc1. The topological polar surface area (TPSA) is 86.7 Å². The molecule has 0 bridgehead atoms. The molecule has 0 unspecified atom stereocenters. The van der Waals surface area contributed by atoms with Crippen molar-refractivity contribution in [1.82, 2.24) is 0 Å². The van der Waals surface area contributed by atoms with Crippen LogP contribution >= 0.6 is 0 Å². The lowest BCUT2D eigenvalue weighted by Gasteiger charge is -2.08. The van der Waals surface area contributed by atoms with E-state index in [2.05, 4.69) is 0 Å². The summed E-state index contributed by atoms with van der Waals surface area (Å²) in [5, 5.41) is -0.985. The average Bonchev–Trinajstić information content (AvgIpc) is 2.53. The van der Waals surface area contributed by atoms with Crippen molar-refractivity contribution in [3.8, 4) is 5.75 Å². The molecule has 2 rings (SSSR count). The first kappa shape index (κ1) is 18.4. The minimum absolute atomic E-state index is 0.0169. The van der Waals surface area contributed by atoms with E-state index in [1.807, 2.05) is 6.92 Å². The van der Waals surface area contributed by atoms with Crippen molar-refractivity contribution in [2.45, 2.75) is 16.7 Å². The van der Waals surface area contributed by atoms with Gasteiger partial charge in [0.1, 0.15) is 5.75 Å². The Kier molecular flexibility index (Phi) is 5.63. The summed E-state index contributed by atoms with van der Waals surface area (Å²) in [5.74, 6) is 0.428. The van der Waals surface area contributed by atoms with E-state index in [4.69, 9.17) is 9.47 Å². The van der Waals surface area contributed by atoms with Crippen LogP contribution in [0.2, 0.25) is 0 Å². The van der Waals surface area contributed by atoms with Gasteiger partial charge in [0.25, 0.3) is 0 Å². The highest BCUT2D eigenvalue weighted by Crippen LogP contribution is 2.21. The Hall–Kier alpha value is -1.90. The van der Waals surface area contributed by atoms with Gasteiger partial charge >= 0.3 is 0 Å². The third kappa shape index (κ3) is 4.56. The predicted molar refractivity (Wildman–Crippen MR) is 89.4 cm³/mol. The molecule has 0 saturated heterocycles. The van der Waals surface area contributed by atoms with Crippen LogP contribution in [-0.4, -0.2) is 35.8 Å². The van der Waals surface area contributed by atoms with Crippen molar-refractivity contribution in [1.29, 1.82) is 0 Å². The van der Waals surface area contributed by atoms with Gasteiger partial charge in [-0.3, -0.25) is 0 Å². The Morgan fingerprint density at radius 2 is 1.25 bits per heavy atom. The lowest BCUT2D eigenvalue weighted by molar-refractivity contribution is 0.0511. The molecule has 0 heterocycles. The Balaban J connectivity index is 2.22. The summed E-state index contributed by atoms with van der Waals surface area (Å²) >= 11 is 0. The van der Waals surface area contributed by atoms with Crippen molar-refractivity contribution in [2.24, 2.45) is 0 Å². The van der Waals surface area contributed by atoms with Crippen molar-refractivity contribution >= 4 is 19.7 Å². The summed E-state index contributed by atoms with van der Waals surface area (Å²) in [6, 6.07) is 11.6. The smallest absolute Gasteiger partial charge is 0.193 e. The third-order valence-corrected chi connectivity index (χ3v) is 7.68. The zero-order chi connectivity index (χ0) is 17.8. The van der Waals surface area contributed by atoms with Crippen LogP contribution in [0.5, 0.6) is 5.75 Å². The molecule has 0 fully saturated rings. The molecule has 0 atom stereocenters. The van der Waals surface area contributed by atoms with E-state index in [0.717, 1.165) is 5.56 Å². The van der Waals surface area contributed by atoms with Gasteiger partial charge in [-0.2, -0.15) is 0 Å². The fourth-order valence-corrected chi connectivity index (χ4v) is 5.78. The van der Waals surface area contributed by atoms with Crippen LogP contribution in [0.15, 0.2) is 58.3 Å². The van der Waals surface area contributed by atoms with Crippen molar-refractivity contribution in [3.63, 3.8) is 0 Å².